The van der Waals surface area contributed by atoms with Gasteiger partial charge in [0, 0.05) is 30.7 Å². The molecule has 0 spiro atoms. The van der Waals surface area contributed by atoms with E-state index in [1.165, 1.54) is 30.5 Å². The molecule has 0 aliphatic heterocycles. The summed E-state index contributed by atoms with van der Waals surface area (Å²) >= 11 is 0. The average molecular weight is 513 g/mol. The second-order valence-electron chi connectivity index (χ2n) is 7.57. The largest absolute Gasteiger partial charge is 0.573 e. The molecule has 1 amide bonds. The van der Waals surface area contributed by atoms with Gasteiger partial charge < -0.3 is 20.7 Å². The maximum absolute atomic E-state index is 14.7. The van der Waals surface area contributed by atoms with Gasteiger partial charge in [-0.25, -0.2) is 9.37 Å². The normalized spacial score (nSPS) is 11.1. The van der Waals surface area contributed by atoms with Gasteiger partial charge in [0.05, 0.1) is 17.6 Å². The maximum Gasteiger partial charge on any atom is 0.573 e. The molecule has 2 aromatic carbocycles. The van der Waals surface area contributed by atoms with E-state index in [9.17, 15) is 22.4 Å². The molecule has 0 atom stereocenters. The van der Waals surface area contributed by atoms with Crippen LogP contribution in [-0.4, -0.2) is 32.0 Å². The van der Waals surface area contributed by atoms with E-state index in [4.69, 9.17) is 0 Å². The molecule has 0 saturated carbocycles. The van der Waals surface area contributed by atoms with E-state index in [2.05, 4.69) is 42.3 Å². The number of nitrogens with zero attached hydrogens (tertiary/aromatic N) is 4. The number of alkyl halides is 3. The maximum atomic E-state index is 14.7. The molecule has 2 aromatic heterocycles. The van der Waals surface area contributed by atoms with E-state index in [1.54, 1.807) is 24.1 Å². The van der Waals surface area contributed by atoms with Gasteiger partial charge in [-0.2, -0.15) is 10.1 Å². The number of nitrogens with one attached hydrogen (secondary N) is 3. The van der Waals surface area contributed by atoms with Crippen LogP contribution in [0.2, 0.25) is 0 Å². The third-order valence-corrected chi connectivity index (χ3v) is 4.82. The van der Waals surface area contributed by atoms with Crippen molar-refractivity contribution in [2.24, 2.45) is 7.05 Å². The number of benzene rings is 2. The lowest BCUT2D eigenvalue weighted by atomic mass is 10.1. The fourth-order valence-corrected chi connectivity index (χ4v) is 3.22. The van der Waals surface area contributed by atoms with Crippen LogP contribution in [0.5, 0.6) is 5.75 Å². The minimum absolute atomic E-state index is 0.0221. The zero-order valence-electron chi connectivity index (χ0n) is 19.2. The Hall–Kier alpha value is -4.94. The minimum Gasteiger partial charge on any atom is -0.406 e. The molecule has 0 fully saturated rings. The van der Waals surface area contributed by atoms with Gasteiger partial charge in [0.2, 0.25) is 11.9 Å². The van der Waals surface area contributed by atoms with Gasteiger partial charge in [-0.3, -0.25) is 9.48 Å². The van der Waals surface area contributed by atoms with Crippen molar-refractivity contribution in [1.29, 1.82) is 0 Å². The first-order chi connectivity index (χ1) is 17.6. The van der Waals surface area contributed by atoms with Crippen molar-refractivity contribution >= 4 is 34.7 Å². The standard InChI is InChI=1S/C24H19F4N7O2/c1-3-21(36)31-15-6-9-19(25)20(10-15)33-22-18(14-4-7-17(8-5-14)37-24(26,27)28)12-29-23(34-22)32-16-11-30-35(2)13-16/h3-13H,1H2,2H3,(H,31,36)(H2,29,32,33,34). The van der Waals surface area contributed by atoms with Crippen LogP contribution in [0, 0.1) is 5.82 Å². The second kappa shape index (κ2) is 10.4. The van der Waals surface area contributed by atoms with Gasteiger partial charge in [0.1, 0.15) is 17.4 Å². The Morgan fingerprint density at radius 2 is 1.84 bits per heavy atom. The number of hydrogen-bond acceptors (Lipinski definition) is 7. The third kappa shape index (κ3) is 6.60. The van der Waals surface area contributed by atoms with E-state index < -0.39 is 23.8 Å². The summed E-state index contributed by atoms with van der Waals surface area (Å²) in [5, 5.41) is 12.4. The first-order valence-corrected chi connectivity index (χ1v) is 10.6. The molecule has 190 valence electrons. The Labute approximate surface area is 207 Å². The SMILES string of the molecule is C=CC(=O)Nc1ccc(F)c(Nc2nc(Nc3cnn(C)c3)ncc2-c2ccc(OC(F)(F)F)cc2)c1. The third-order valence-electron chi connectivity index (χ3n) is 4.82. The number of anilines is 5. The van der Waals surface area contributed by atoms with Gasteiger partial charge in [-0.1, -0.05) is 18.7 Å². The molecule has 2 heterocycles. The zero-order chi connectivity index (χ0) is 26.6. The number of aryl methyl sites for hydroxylation is 1. The molecule has 4 aromatic rings. The Kier molecular flexibility index (Phi) is 7.04. The molecule has 9 nitrogen and oxygen atoms in total. The van der Waals surface area contributed by atoms with E-state index in [1.807, 2.05) is 0 Å². The molecule has 0 saturated heterocycles. The summed E-state index contributed by atoms with van der Waals surface area (Å²) < 4.78 is 57.8. The van der Waals surface area contributed by atoms with E-state index in [-0.39, 0.29) is 17.5 Å². The molecule has 0 radical (unpaired) electrons. The molecule has 13 heteroatoms. The molecule has 0 aliphatic rings. The second-order valence-corrected chi connectivity index (χ2v) is 7.57. The summed E-state index contributed by atoms with van der Waals surface area (Å²) in [6, 6.07) is 8.93. The van der Waals surface area contributed by atoms with Gasteiger partial charge in [0.25, 0.3) is 0 Å². The van der Waals surface area contributed by atoms with Crippen LogP contribution in [0.25, 0.3) is 11.1 Å². The quantitative estimate of drug-likeness (QED) is 0.210. The Morgan fingerprint density at radius 3 is 2.49 bits per heavy atom. The van der Waals surface area contributed by atoms with Crippen LogP contribution in [-0.2, 0) is 11.8 Å². The lowest BCUT2D eigenvalue weighted by Gasteiger charge is -2.15. The summed E-state index contributed by atoms with van der Waals surface area (Å²) in [6.45, 7) is 3.38. The van der Waals surface area contributed by atoms with Crippen LogP contribution in [0.15, 0.2) is 73.7 Å². The first kappa shape index (κ1) is 25.2. The van der Waals surface area contributed by atoms with Crippen molar-refractivity contribution in [2.75, 3.05) is 16.0 Å². The molecule has 37 heavy (non-hydrogen) atoms. The highest BCUT2D eigenvalue weighted by Gasteiger charge is 2.31. The highest BCUT2D eigenvalue weighted by molar-refractivity contribution is 5.99. The van der Waals surface area contributed by atoms with Gasteiger partial charge >= 0.3 is 6.36 Å². The van der Waals surface area contributed by atoms with Crippen LogP contribution in [0.3, 0.4) is 0 Å². The van der Waals surface area contributed by atoms with Crippen LogP contribution in [0.4, 0.5) is 46.4 Å². The fraction of sp³-hybridized carbons (Fsp3) is 0.0833. The summed E-state index contributed by atoms with van der Waals surface area (Å²) in [4.78, 5) is 20.3. The van der Waals surface area contributed by atoms with Crippen molar-refractivity contribution < 1.29 is 27.1 Å². The molecule has 0 bridgehead atoms. The van der Waals surface area contributed by atoms with Crippen molar-refractivity contribution in [3.8, 4) is 16.9 Å². The van der Waals surface area contributed by atoms with Crippen molar-refractivity contribution in [3.05, 3.63) is 79.5 Å². The number of aromatic nitrogens is 4. The first-order valence-electron chi connectivity index (χ1n) is 10.6. The Morgan fingerprint density at radius 1 is 1.08 bits per heavy atom. The van der Waals surface area contributed by atoms with Crippen molar-refractivity contribution in [3.63, 3.8) is 0 Å². The smallest absolute Gasteiger partial charge is 0.406 e. The predicted molar refractivity (Wildman–Crippen MR) is 129 cm³/mol. The predicted octanol–water partition coefficient (Wildman–Crippen LogP) is 5.53. The summed E-state index contributed by atoms with van der Waals surface area (Å²) in [7, 11) is 1.73. The summed E-state index contributed by atoms with van der Waals surface area (Å²) in [5.74, 6) is -1.25. The van der Waals surface area contributed by atoms with E-state index >= 15 is 0 Å². The molecule has 0 unspecified atom stereocenters. The zero-order valence-corrected chi connectivity index (χ0v) is 19.2. The highest BCUT2D eigenvalue weighted by atomic mass is 19.4. The number of rotatable bonds is 8. The number of amides is 1. The average Bonchev–Trinajstić information content (AvgIpc) is 3.25. The number of carbonyl (C=O) groups excluding carboxylic acids is 1. The van der Waals surface area contributed by atoms with Crippen molar-refractivity contribution in [1.82, 2.24) is 19.7 Å². The van der Waals surface area contributed by atoms with Crippen LogP contribution < -0.4 is 20.7 Å². The Bertz CT molecular complexity index is 1440. The van der Waals surface area contributed by atoms with Crippen molar-refractivity contribution in [2.45, 2.75) is 6.36 Å². The molecule has 3 N–H and O–H groups in total. The number of hydrogen-bond donors (Lipinski definition) is 3. The Balaban J connectivity index is 1.71. The van der Waals surface area contributed by atoms with E-state index in [0.717, 1.165) is 24.3 Å². The highest BCUT2D eigenvalue weighted by Crippen LogP contribution is 2.33. The molecular weight excluding hydrogens is 494 g/mol. The molecule has 4 rings (SSSR count). The molecule has 0 aliphatic carbocycles. The lowest BCUT2D eigenvalue weighted by Crippen LogP contribution is -2.16. The van der Waals surface area contributed by atoms with Crippen LogP contribution in [0.1, 0.15) is 0 Å². The van der Waals surface area contributed by atoms with Crippen LogP contribution >= 0.6 is 0 Å². The van der Waals surface area contributed by atoms with Gasteiger partial charge in [-0.05, 0) is 42.0 Å². The van der Waals surface area contributed by atoms with Gasteiger partial charge in [0.15, 0.2) is 0 Å². The van der Waals surface area contributed by atoms with E-state index in [0.29, 0.717) is 22.5 Å². The monoisotopic (exact) mass is 513 g/mol. The number of ether oxygens (including phenoxy) is 1. The lowest BCUT2D eigenvalue weighted by molar-refractivity contribution is -0.274. The number of carbonyl (C=O) groups is 1. The number of halogens is 4. The topological polar surface area (TPSA) is 106 Å². The molecular formula is C24H19F4N7O2. The fourth-order valence-electron chi connectivity index (χ4n) is 3.22. The summed E-state index contributed by atoms with van der Waals surface area (Å²) in [6.07, 6.45) is 0.904. The van der Waals surface area contributed by atoms with Gasteiger partial charge in [-0.15, -0.1) is 13.2 Å². The summed E-state index contributed by atoms with van der Waals surface area (Å²) in [5.41, 5.74) is 1.66. The minimum atomic E-state index is -4.83.